The van der Waals surface area contributed by atoms with Gasteiger partial charge in [-0.25, -0.2) is 0 Å². The molecule has 0 aromatic carbocycles. The lowest BCUT2D eigenvalue weighted by Gasteiger charge is -2.14. The maximum atomic E-state index is 11.7. The Bertz CT molecular complexity index is 339. The van der Waals surface area contributed by atoms with Crippen LogP contribution in [-0.2, 0) is 11.2 Å². The summed E-state index contributed by atoms with van der Waals surface area (Å²) in [6, 6.07) is 0.0170. The molecule has 88 valence electrons. The van der Waals surface area contributed by atoms with Crippen LogP contribution in [-0.4, -0.2) is 28.6 Å². The van der Waals surface area contributed by atoms with Gasteiger partial charge in [0.1, 0.15) is 0 Å². The maximum absolute atomic E-state index is 11.7. The molecule has 0 aliphatic heterocycles. The Hall–Kier alpha value is -1.43. The van der Waals surface area contributed by atoms with E-state index < -0.39 is 0 Å². The van der Waals surface area contributed by atoms with E-state index in [4.69, 9.17) is 10.3 Å². The van der Waals surface area contributed by atoms with Crippen molar-refractivity contribution in [2.75, 3.05) is 6.54 Å². The zero-order chi connectivity index (χ0) is 11.4. The number of hydrogen-bond acceptors (Lipinski definition) is 5. The number of rotatable bonds is 4. The van der Waals surface area contributed by atoms with E-state index in [1.807, 2.05) is 0 Å². The highest BCUT2D eigenvalue weighted by molar-refractivity contribution is 5.79. The van der Waals surface area contributed by atoms with Crippen LogP contribution in [0.1, 0.15) is 25.2 Å². The van der Waals surface area contributed by atoms with Crippen molar-refractivity contribution in [3.05, 3.63) is 12.2 Å². The molecule has 1 aliphatic carbocycles. The van der Waals surface area contributed by atoms with Gasteiger partial charge in [0.15, 0.2) is 6.33 Å². The lowest BCUT2D eigenvalue weighted by molar-refractivity contribution is -0.125. The van der Waals surface area contributed by atoms with Crippen LogP contribution in [0.4, 0.5) is 0 Å². The SMILES string of the molecule is NC1CCCC1C(=O)NCCc1ncno1. The van der Waals surface area contributed by atoms with Crippen molar-refractivity contribution in [2.45, 2.75) is 31.7 Å². The van der Waals surface area contributed by atoms with E-state index in [9.17, 15) is 4.79 Å². The zero-order valence-electron chi connectivity index (χ0n) is 9.06. The molecule has 3 N–H and O–H groups in total. The smallest absolute Gasteiger partial charge is 0.228 e. The van der Waals surface area contributed by atoms with Gasteiger partial charge >= 0.3 is 0 Å². The van der Waals surface area contributed by atoms with Crippen LogP contribution in [0.5, 0.6) is 0 Å². The minimum absolute atomic E-state index is 0.0170. The number of amides is 1. The second kappa shape index (κ2) is 5.07. The normalized spacial score (nSPS) is 24.6. The molecule has 2 rings (SSSR count). The fourth-order valence-electron chi connectivity index (χ4n) is 2.04. The van der Waals surface area contributed by atoms with Gasteiger partial charge in [0.05, 0.1) is 5.92 Å². The Morgan fingerprint density at radius 2 is 2.50 bits per heavy atom. The highest BCUT2D eigenvalue weighted by atomic mass is 16.5. The van der Waals surface area contributed by atoms with Crippen molar-refractivity contribution in [2.24, 2.45) is 11.7 Å². The Balaban J connectivity index is 1.71. The Labute approximate surface area is 93.6 Å². The molecule has 0 radical (unpaired) electrons. The topological polar surface area (TPSA) is 94.0 Å². The highest BCUT2D eigenvalue weighted by Gasteiger charge is 2.29. The first-order valence-electron chi connectivity index (χ1n) is 5.56. The number of nitrogens with one attached hydrogen (secondary N) is 1. The fraction of sp³-hybridized carbons (Fsp3) is 0.700. The third-order valence-corrected chi connectivity index (χ3v) is 2.95. The largest absolute Gasteiger partial charge is 0.355 e. The number of nitrogens with two attached hydrogens (primary N) is 1. The van der Waals surface area contributed by atoms with E-state index in [1.54, 1.807) is 0 Å². The first kappa shape index (κ1) is 11.1. The van der Waals surface area contributed by atoms with Gasteiger partial charge in [-0.15, -0.1) is 0 Å². The lowest BCUT2D eigenvalue weighted by atomic mass is 10.0. The van der Waals surface area contributed by atoms with Gasteiger partial charge in [-0.2, -0.15) is 4.98 Å². The second-order valence-electron chi connectivity index (χ2n) is 4.08. The third kappa shape index (κ3) is 2.57. The number of carbonyl (C=O) groups excluding carboxylic acids is 1. The van der Waals surface area contributed by atoms with Crippen LogP contribution < -0.4 is 11.1 Å². The van der Waals surface area contributed by atoms with Crippen LogP contribution in [0.2, 0.25) is 0 Å². The molecule has 2 atom stereocenters. The summed E-state index contributed by atoms with van der Waals surface area (Å²) in [5, 5.41) is 6.34. The summed E-state index contributed by atoms with van der Waals surface area (Å²) in [6.45, 7) is 0.518. The van der Waals surface area contributed by atoms with E-state index in [-0.39, 0.29) is 17.9 Å². The Morgan fingerprint density at radius 1 is 1.62 bits per heavy atom. The minimum atomic E-state index is -0.0253. The van der Waals surface area contributed by atoms with Crippen molar-refractivity contribution >= 4 is 5.91 Å². The highest BCUT2D eigenvalue weighted by Crippen LogP contribution is 2.23. The van der Waals surface area contributed by atoms with Crippen molar-refractivity contribution in [3.8, 4) is 0 Å². The standard InChI is InChI=1S/C10H16N4O2/c11-8-3-1-2-7(8)10(15)12-5-4-9-13-6-14-16-9/h6-8H,1-5,11H2,(H,12,15). The predicted octanol–water partition coefficient (Wildman–Crippen LogP) is -0.144. The van der Waals surface area contributed by atoms with Gasteiger partial charge < -0.3 is 15.6 Å². The van der Waals surface area contributed by atoms with Crippen LogP contribution in [0.3, 0.4) is 0 Å². The summed E-state index contributed by atoms with van der Waals surface area (Å²) in [5.74, 6) is 0.559. The average Bonchev–Trinajstić information content (AvgIpc) is 2.88. The lowest BCUT2D eigenvalue weighted by Crippen LogP contribution is -2.39. The monoisotopic (exact) mass is 224 g/mol. The van der Waals surface area contributed by atoms with Gasteiger partial charge in [-0.3, -0.25) is 4.79 Å². The quantitative estimate of drug-likeness (QED) is 0.742. The van der Waals surface area contributed by atoms with Crippen molar-refractivity contribution in [1.29, 1.82) is 0 Å². The molecule has 16 heavy (non-hydrogen) atoms. The molecular weight excluding hydrogens is 208 g/mol. The van der Waals surface area contributed by atoms with Crippen molar-refractivity contribution in [3.63, 3.8) is 0 Å². The van der Waals surface area contributed by atoms with Crippen LogP contribution in [0, 0.1) is 5.92 Å². The van der Waals surface area contributed by atoms with Crippen LogP contribution in [0.25, 0.3) is 0 Å². The van der Waals surface area contributed by atoms with E-state index in [1.165, 1.54) is 6.33 Å². The molecule has 1 amide bonds. The molecule has 0 saturated heterocycles. The first-order chi connectivity index (χ1) is 7.77. The van der Waals surface area contributed by atoms with Crippen molar-refractivity contribution in [1.82, 2.24) is 15.5 Å². The Kier molecular flexibility index (Phi) is 3.51. The van der Waals surface area contributed by atoms with Crippen molar-refractivity contribution < 1.29 is 9.32 Å². The fourth-order valence-corrected chi connectivity index (χ4v) is 2.04. The van der Waals surface area contributed by atoms with Gasteiger partial charge in [-0.05, 0) is 12.8 Å². The molecule has 1 heterocycles. The molecule has 1 aromatic heterocycles. The van der Waals surface area contributed by atoms with Gasteiger partial charge in [0.2, 0.25) is 11.8 Å². The van der Waals surface area contributed by atoms with E-state index in [0.29, 0.717) is 18.9 Å². The molecule has 2 unspecified atom stereocenters. The molecule has 1 saturated carbocycles. The molecule has 1 aliphatic rings. The molecular formula is C10H16N4O2. The van der Waals surface area contributed by atoms with E-state index in [2.05, 4.69) is 15.5 Å². The first-order valence-corrected chi connectivity index (χ1v) is 5.56. The van der Waals surface area contributed by atoms with E-state index >= 15 is 0 Å². The summed E-state index contributed by atoms with van der Waals surface area (Å²) >= 11 is 0. The predicted molar refractivity (Wildman–Crippen MR) is 56.3 cm³/mol. The summed E-state index contributed by atoms with van der Waals surface area (Å²) in [4.78, 5) is 15.6. The average molecular weight is 224 g/mol. The third-order valence-electron chi connectivity index (χ3n) is 2.95. The maximum Gasteiger partial charge on any atom is 0.228 e. The number of aromatic nitrogens is 2. The second-order valence-corrected chi connectivity index (χ2v) is 4.08. The zero-order valence-corrected chi connectivity index (χ0v) is 9.06. The van der Waals surface area contributed by atoms with Gasteiger partial charge in [0, 0.05) is 19.0 Å². The molecule has 1 fully saturated rings. The number of hydrogen-bond donors (Lipinski definition) is 2. The minimum Gasteiger partial charge on any atom is -0.355 e. The molecule has 6 nitrogen and oxygen atoms in total. The van der Waals surface area contributed by atoms with Crippen LogP contribution >= 0.6 is 0 Å². The summed E-state index contributed by atoms with van der Waals surface area (Å²) in [7, 11) is 0. The summed E-state index contributed by atoms with van der Waals surface area (Å²) in [6.07, 6.45) is 4.80. The van der Waals surface area contributed by atoms with E-state index in [0.717, 1.165) is 19.3 Å². The summed E-state index contributed by atoms with van der Waals surface area (Å²) in [5.41, 5.74) is 5.84. The van der Waals surface area contributed by atoms with Crippen LogP contribution in [0.15, 0.2) is 10.9 Å². The molecule has 0 bridgehead atoms. The Morgan fingerprint density at radius 3 is 3.12 bits per heavy atom. The molecule has 1 aromatic rings. The number of nitrogens with zero attached hydrogens (tertiary/aromatic N) is 2. The molecule has 6 heteroatoms. The summed E-state index contributed by atoms with van der Waals surface area (Å²) < 4.78 is 4.82. The van der Waals surface area contributed by atoms with Gasteiger partial charge in [0.25, 0.3) is 0 Å². The van der Waals surface area contributed by atoms with Gasteiger partial charge in [-0.1, -0.05) is 11.6 Å². The molecule has 0 spiro atoms. The number of carbonyl (C=O) groups is 1.